The number of likely N-dealkylation sites (tertiary alicyclic amines) is 1. The number of alkyl halides is 3. The average molecular weight is 1190 g/mol. The molecule has 3 atom stereocenters. The van der Waals surface area contributed by atoms with Crippen molar-refractivity contribution >= 4 is 51.6 Å². The number of fused-ring (bicyclic) bond motifs is 2. The number of anilines is 2. The molecule has 0 aliphatic carbocycles. The molecule has 6 aromatic rings. The second kappa shape index (κ2) is 25.7. The fourth-order valence-corrected chi connectivity index (χ4v) is 12.3. The Bertz CT molecular complexity index is 3490. The summed E-state index contributed by atoms with van der Waals surface area (Å²) in [5, 5.41) is 43.8. The van der Waals surface area contributed by atoms with Crippen LogP contribution in [0.5, 0.6) is 17.5 Å². The van der Waals surface area contributed by atoms with Gasteiger partial charge in [-0.15, -0.1) is 10.2 Å². The molecule has 4 aromatic carbocycles. The lowest BCUT2D eigenvalue weighted by molar-refractivity contribution is -0.133. The standard InChI is InChI=1S/C61H70ClF3N14O6/c1-6-53(82)78-28-27-77(34-42(78)17-20-66)56-45-18-22-76(50-12-8-10-40-9-7-11-48(62)55(40)50)35-49(45)68-60(69-56)85-36-44-29-43(33-73(44)5)72(4)21-19-54(83)75-25-23-74(24-26-75)32-39-13-15-41(16-14-39)79-57(47-30-46(38(2)3)51(80)31-52(47)81)70-71-58(79)59(84)67-37-61(63,64)65/h6-16,30-31,38,42-44,80-81H,1,17-19,21-29,32-37H2,2-5H3,(H,67,84)/t42-,43-,44-/m0/s1. The lowest BCUT2D eigenvalue weighted by Crippen LogP contribution is -2.55. The Morgan fingerprint density at radius 2 is 1.69 bits per heavy atom. The number of benzene rings is 4. The van der Waals surface area contributed by atoms with Crippen molar-refractivity contribution in [3.05, 3.63) is 119 Å². The highest BCUT2D eigenvalue weighted by molar-refractivity contribution is 6.36. The molecule has 0 radical (unpaired) electrons. The molecule has 4 aliphatic rings. The lowest BCUT2D eigenvalue weighted by atomic mass is 9.98. The number of nitrogens with zero attached hydrogens (tertiary/aromatic N) is 13. The van der Waals surface area contributed by atoms with Gasteiger partial charge in [-0.25, -0.2) is 0 Å². The van der Waals surface area contributed by atoms with E-state index in [0.717, 1.165) is 58.1 Å². The van der Waals surface area contributed by atoms with Crippen molar-refractivity contribution in [3.63, 3.8) is 0 Å². The molecule has 6 heterocycles. The monoisotopic (exact) mass is 1190 g/mol. The average Bonchev–Trinajstić information content (AvgIpc) is 3.84. The van der Waals surface area contributed by atoms with Crippen LogP contribution in [0.1, 0.15) is 72.0 Å². The second-order valence-corrected chi connectivity index (χ2v) is 23.1. The van der Waals surface area contributed by atoms with E-state index in [1.165, 1.54) is 16.7 Å². The van der Waals surface area contributed by atoms with Crippen LogP contribution in [0.2, 0.25) is 5.02 Å². The largest absolute Gasteiger partial charge is 0.508 e. The molecule has 10 rings (SSSR count). The predicted octanol–water partition coefficient (Wildman–Crippen LogP) is 7.15. The minimum atomic E-state index is -4.67. The zero-order chi connectivity index (χ0) is 60.3. The molecule has 85 heavy (non-hydrogen) atoms. The summed E-state index contributed by atoms with van der Waals surface area (Å²) in [6.45, 7) is 13.0. The van der Waals surface area contributed by atoms with E-state index in [2.05, 4.69) is 79.6 Å². The van der Waals surface area contributed by atoms with Crippen molar-refractivity contribution in [2.24, 2.45) is 0 Å². The van der Waals surface area contributed by atoms with E-state index in [9.17, 15) is 43.0 Å². The first-order valence-electron chi connectivity index (χ1n) is 28.6. The predicted molar refractivity (Wildman–Crippen MR) is 316 cm³/mol. The number of ether oxygens (including phenoxy) is 1. The molecule has 0 bridgehead atoms. The van der Waals surface area contributed by atoms with Crippen LogP contribution >= 0.6 is 11.6 Å². The first kappa shape index (κ1) is 60.1. The number of halogens is 4. The third kappa shape index (κ3) is 13.4. The SMILES string of the molecule is C=CC(=O)N1CCN(c2nc(OC[C@@H]3C[C@H](N(C)CCC(=O)N4CCN(Cc5ccc(-n6c(C(=O)NCC(F)(F)F)nnc6-c6cc(C(C)C)c(O)cc6O)cc5)CC4)CN3C)nc3c2CCN(c2cccc4cccc(Cl)c24)C3)C[C@@H]1CC#N. The van der Waals surface area contributed by atoms with Gasteiger partial charge >= 0.3 is 12.2 Å². The maximum atomic E-state index is 13.7. The van der Waals surface area contributed by atoms with Gasteiger partial charge < -0.3 is 44.8 Å². The lowest BCUT2D eigenvalue weighted by Gasteiger charge is -2.42. The number of phenols is 2. The molecule has 20 nitrogen and oxygen atoms in total. The van der Waals surface area contributed by atoms with E-state index in [0.29, 0.717) is 108 Å². The Morgan fingerprint density at radius 1 is 0.941 bits per heavy atom. The Morgan fingerprint density at radius 3 is 2.41 bits per heavy atom. The molecule has 3 amide bonds. The maximum absolute atomic E-state index is 13.7. The molecule has 448 valence electrons. The van der Waals surface area contributed by atoms with E-state index in [-0.39, 0.29) is 71.2 Å². The summed E-state index contributed by atoms with van der Waals surface area (Å²) < 4.78 is 47.3. The number of likely N-dealkylation sites (N-methyl/N-ethyl adjacent to an activating group) is 2. The summed E-state index contributed by atoms with van der Waals surface area (Å²) in [5.74, 6) is -1.58. The van der Waals surface area contributed by atoms with Gasteiger partial charge in [0.15, 0.2) is 5.82 Å². The number of nitriles is 1. The van der Waals surface area contributed by atoms with E-state index < -0.39 is 24.5 Å². The first-order chi connectivity index (χ1) is 40.8. The third-order valence-corrected chi connectivity index (χ3v) is 17.1. The summed E-state index contributed by atoms with van der Waals surface area (Å²) in [7, 11) is 4.14. The van der Waals surface area contributed by atoms with Crippen LogP contribution in [-0.4, -0.2) is 194 Å². The number of hydrogen-bond acceptors (Lipinski definition) is 16. The van der Waals surface area contributed by atoms with Gasteiger partial charge in [-0.3, -0.25) is 28.8 Å². The van der Waals surface area contributed by atoms with Gasteiger partial charge in [0, 0.05) is 119 Å². The van der Waals surface area contributed by atoms with E-state index in [1.807, 2.05) is 54.4 Å². The number of carbonyl (C=O) groups is 3. The summed E-state index contributed by atoms with van der Waals surface area (Å²) >= 11 is 6.81. The van der Waals surface area contributed by atoms with Crippen molar-refractivity contribution in [2.45, 2.75) is 82.8 Å². The topological polar surface area (TPSA) is 216 Å². The maximum Gasteiger partial charge on any atom is 0.405 e. The van der Waals surface area contributed by atoms with E-state index >= 15 is 0 Å². The highest BCUT2D eigenvalue weighted by Gasteiger charge is 2.37. The van der Waals surface area contributed by atoms with Crippen LogP contribution in [0.4, 0.5) is 24.7 Å². The fourth-order valence-electron chi connectivity index (χ4n) is 12.1. The van der Waals surface area contributed by atoms with Crippen molar-refractivity contribution in [1.82, 2.24) is 54.5 Å². The summed E-state index contributed by atoms with van der Waals surface area (Å²) in [6.07, 6.45) is -1.36. The van der Waals surface area contributed by atoms with Crippen molar-refractivity contribution in [2.75, 3.05) is 102 Å². The molecule has 2 aromatic heterocycles. The van der Waals surface area contributed by atoms with Gasteiger partial charge in [0.05, 0.1) is 41.4 Å². The second-order valence-electron chi connectivity index (χ2n) is 22.7. The summed E-state index contributed by atoms with van der Waals surface area (Å²) in [6, 6.07) is 24.3. The van der Waals surface area contributed by atoms with Crippen LogP contribution in [0.3, 0.4) is 0 Å². The quantitative estimate of drug-likeness (QED) is 0.0728. The molecule has 0 unspecified atom stereocenters. The Balaban J connectivity index is 0.745. The van der Waals surface area contributed by atoms with Gasteiger partial charge in [-0.05, 0) is 85.8 Å². The highest BCUT2D eigenvalue weighted by atomic mass is 35.5. The zero-order valence-electron chi connectivity index (χ0n) is 48.1. The first-order valence-corrected chi connectivity index (χ1v) is 29.0. The molecule has 3 saturated heterocycles. The number of piperazine rings is 2. The van der Waals surface area contributed by atoms with Crippen LogP contribution < -0.4 is 19.9 Å². The number of carbonyl (C=O) groups excluding carboxylic acids is 3. The van der Waals surface area contributed by atoms with Crippen molar-refractivity contribution < 1.29 is 42.5 Å². The van der Waals surface area contributed by atoms with Gasteiger partial charge in [0.1, 0.15) is 30.5 Å². The van der Waals surface area contributed by atoms with Crippen LogP contribution in [0, 0.1) is 11.3 Å². The Kier molecular flexibility index (Phi) is 18.1. The molecule has 4 aliphatic heterocycles. The minimum absolute atomic E-state index is 0.00792. The van der Waals surface area contributed by atoms with E-state index in [1.54, 1.807) is 17.0 Å². The van der Waals surface area contributed by atoms with Crippen LogP contribution in [0.15, 0.2) is 85.5 Å². The van der Waals surface area contributed by atoms with Gasteiger partial charge in [0.2, 0.25) is 17.6 Å². The Labute approximate surface area is 496 Å². The molecule has 0 spiro atoms. The molecule has 3 fully saturated rings. The highest BCUT2D eigenvalue weighted by Crippen LogP contribution is 2.40. The fraction of sp³-hybridized carbons (Fsp3) is 0.443. The van der Waals surface area contributed by atoms with Gasteiger partial charge in [-0.2, -0.15) is 28.4 Å². The number of rotatable bonds is 18. The molecule has 24 heteroatoms. The summed E-state index contributed by atoms with van der Waals surface area (Å²) in [5.41, 5.74) is 4.77. The molecular formula is C61H70ClF3N14O6. The number of hydrogen-bond donors (Lipinski definition) is 3. The van der Waals surface area contributed by atoms with Crippen LogP contribution in [-0.2, 0) is 29.1 Å². The Hall–Kier alpha value is -8.04. The normalized spacial score (nSPS) is 18.7. The van der Waals surface area contributed by atoms with Crippen molar-refractivity contribution in [1.29, 1.82) is 5.26 Å². The third-order valence-electron chi connectivity index (χ3n) is 16.8. The van der Waals surface area contributed by atoms with Crippen molar-refractivity contribution in [3.8, 4) is 40.7 Å². The van der Waals surface area contributed by atoms with Gasteiger partial charge in [0.25, 0.3) is 5.91 Å². The molecule has 0 saturated carbocycles. The molecule has 3 N–H and O–H groups in total. The van der Waals surface area contributed by atoms with Gasteiger partial charge in [-0.1, -0.05) is 68.4 Å². The minimum Gasteiger partial charge on any atom is -0.508 e. The number of amides is 3. The number of aromatic nitrogens is 5. The number of aromatic hydroxyl groups is 2. The zero-order valence-corrected chi connectivity index (χ0v) is 48.9. The number of nitrogens with one attached hydrogen (secondary N) is 1. The summed E-state index contributed by atoms with van der Waals surface area (Å²) in [4.78, 5) is 64.7. The smallest absolute Gasteiger partial charge is 0.405 e. The van der Waals surface area contributed by atoms with Crippen LogP contribution in [0.25, 0.3) is 27.8 Å². The number of phenolic OH excluding ortho intramolecular Hbond substituents is 2. The van der Waals surface area contributed by atoms with E-state index in [4.69, 9.17) is 26.3 Å². The molecular weight excluding hydrogens is 1120 g/mol.